The lowest BCUT2D eigenvalue weighted by Crippen LogP contribution is -2.36. The second kappa shape index (κ2) is 6.04. The van der Waals surface area contributed by atoms with Crippen molar-refractivity contribution in [1.82, 2.24) is 0 Å². The van der Waals surface area contributed by atoms with Crippen LogP contribution in [0.4, 0.5) is 5.69 Å². The van der Waals surface area contributed by atoms with Crippen molar-refractivity contribution in [3.8, 4) is 0 Å². The summed E-state index contributed by atoms with van der Waals surface area (Å²) in [4.78, 5) is 23.4. The van der Waals surface area contributed by atoms with Crippen LogP contribution in [0.15, 0.2) is 18.2 Å². The normalized spacial score (nSPS) is 11.0. The predicted octanol–water partition coefficient (Wildman–Crippen LogP) is 2.19. The molecular weight excluding hydrogens is 268 g/mol. The number of hydrogen-bond donors (Lipinski definition) is 2. The standard InChI is InChI=1S/C13H17ClN2O3/c1-13(2,15)7-11(17)16-10-5-4-8(14)6-9(10)12(18)19-3/h4-6H,7,15H2,1-3H3,(H,16,17). The lowest BCUT2D eigenvalue weighted by Gasteiger charge is -2.18. The van der Waals surface area contributed by atoms with Crippen LogP contribution in [0.2, 0.25) is 5.02 Å². The van der Waals surface area contributed by atoms with Crippen LogP contribution in [0.3, 0.4) is 0 Å². The van der Waals surface area contributed by atoms with Gasteiger partial charge in [0.25, 0.3) is 0 Å². The zero-order chi connectivity index (χ0) is 14.6. The molecule has 0 atom stereocenters. The number of amides is 1. The Morgan fingerprint density at radius 1 is 1.42 bits per heavy atom. The minimum Gasteiger partial charge on any atom is -0.465 e. The highest BCUT2D eigenvalue weighted by Crippen LogP contribution is 2.22. The number of hydrogen-bond acceptors (Lipinski definition) is 4. The maximum Gasteiger partial charge on any atom is 0.340 e. The van der Waals surface area contributed by atoms with E-state index in [1.165, 1.54) is 13.2 Å². The van der Waals surface area contributed by atoms with Crippen molar-refractivity contribution < 1.29 is 14.3 Å². The van der Waals surface area contributed by atoms with E-state index in [2.05, 4.69) is 10.1 Å². The predicted molar refractivity (Wildman–Crippen MR) is 74.3 cm³/mol. The Kier molecular flexibility index (Phi) is 4.91. The molecule has 0 aromatic heterocycles. The molecule has 1 aromatic rings. The van der Waals surface area contributed by atoms with Crippen molar-refractivity contribution in [3.05, 3.63) is 28.8 Å². The van der Waals surface area contributed by atoms with Gasteiger partial charge in [0.15, 0.2) is 0 Å². The average molecular weight is 285 g/mol. The van der Waals surface area contributed by atoms with Crippen LogP contribution >= 0.6 is 11.6 Å². The van der Waals surface area contributed by atoms with E-state index < -0.39 is 11.5 Å². The largest absolute Gasteiger partial charge is 0.465 e. The van der Waals surface area contributed by atoms with E-state index in [1.54, 1.807) is 26.0 Å². The van der Waals surface area contributed by atoms with Crippen molar-refractivity contribution in [2.45, 2.75) is 25.8 Å². The maximum absolute atomic E-state index is 11.8. The van der Waals surface area contributed by atoms with Crippen molar-refractivity contribution in [3.63, 3.8) is 0 Å². The minimum atomic E-state index is -0.623. The van der Waals surface area contributed by atoms with Gasteiger partial charge >= 0.3 is 5.97 Å². The third-order valence-electron chi connectivity index (χ3n) is 2.28. The highest BCUT2D eigenvalue weighted by atomic mass is 35.5. The van der Waals surface area contributed by atoms with Gasteiger partial charge in [0.05, 0.1) is 18.4 Å². The Morgan fingerprint density at radius 2 is 2.05 bits per heavy atom. The number of methoxy groups -OCH3 is 1. The fourth-order valence-electron chi connectivity index (χ4n) is 1.51. The number of rotatable bonds is 4. The lowest BCUT2D eigenvalue weighted by atomic mass is 10.0. The van der Waals surface area contributed by atoms with Crippen LogP contribution in [0.25, 0.3) is 0 Å². The van der Waals surface area contributed by atoms with Gasteiger partial charge in [-0.2, -0.15) is 0 Å². The zero-order valence-electron chi connectivity index (χ0n) is 11.1. The molecule has 0 unspecified atom stereocenters. The number of carbonyl (C=O) groups excluding carboxylic acids is 2. The smallest absolute Gasteiger partial charge is 0.340 e. The van der Waals surface area contributed by atoms with Gasteiger partial charge in [-0.3, -0.25) is 4.79 Å². The highest BCUT2D eigenvalue weighted by molar-refractivity contribution is 6.31. The number of carbonyl (C=O) groups is 2. The Balaban J connectivity index is 2.95. The van der Waals surface area contributed by atoms with Gasteiger partial charge in [-0.25, -0.2) is 4.79 Å². The molecule has 3 N–H and O–H groups in total. The Morgan fingerprint density at radius 3 is 2.58 bits per heavy atom. The van der Waals surface area contributed by atoms with Crippen molar-refractivity contribution >= 4 is 29.2 Å². The van der Waals surface area contributed by atoms with Crippen LogP contribution in [0, 0.1) is 0 Å². The van der Waals surface area contributed by atoms with Crippen LogP contribution in [0.1, 0.15) is 30.6 Å². The quantitative estimate of drug-likeness (QED) is 0.831. The number of esters is 1. The third kappa shape index (κ3) is 4.89. The van der Waals surface area contributed by atoms with Gasteiger partial charge in [0, 0.05) is 17.0 Å². The van der Waals surface area contributed by atoms with Gasteiger partial charge in [0.1, 0.15) is 0 Å². The molecule has 0 saturated carbocycles. The lowest BCUT2D eigenvalue weighted by molar-refractivity contribution is -0.117. The summed E-state index contributed by atoms with van der Waals surface area (Å²) >= 11 is 5.82. The molecule has 104 valence electrons. The Labute approximate surface area is 117 Å². The van der Waals surface area contributed by atoms with Crippen LogP contribution in [0.5, 0.6) is 0 Å². The summed E-state index contributed by atoms with van der Waals surface area (Å²) in [5, 5.41) is 3.02. The molecule has 1 aromatic carbocycles. The number of nitrogens with one attached hydrogen (secondary N) is 1. The molecule has 0 bridgehead atoms. The number of benzene rings is 1. The van der Waals surface area contributed by atoms with Crippen molar-refractivity contribution in [2.24, 2.45) is 5.73 Å². The van der Waals surface area contributed by atoms with Crippen LogP contribution in [-0.2, 0) is 9.53 Å². The summed E-state index contributed by atoms with van der Waals surface area (Å²) in [5.41, 5.74) is 5.70. The van der Waals surface area contributed by atoms with Gasteiger partial charge < -0.3 is 15.8 Å². The molecule has 0 saturated heterocycles. The second-order valence-corrected chi connectivity index (χ2v) is 5.33. The van der Waals surface area contributed by atoms with Gasteiger partial charge in [-0.05, 0) is 32.0 Å². The molecule has 0 fully saturated rings. The zero-order valence-corrected chi connectivity index (χ0v) is 11.9. The first-order valence-corrected chi connectivity index (χ1v) is 6.07. The molecule has 6 heteroatoms. The first-order valence-electron chi connectivity index (χ1n) is 5.69. The molecule has 0 aliphatic carbocycles. The van der Waals surface area contributed by atoms with Crippen LogP contribution in [-0.4, -0.2) is 24.5 Å². The monoisotopic (exact) mass is 284 g/mol. The van der Waals surface area contributed by atoms with E-state index in [0.717, 1.165) is 0 Å². The van der Waals surface area contributed by atoms with Gasteiger partial charge in [0.2, 0.25) is 5.91 Å². The number of anilines is 1. The maximum atomic E-state index is 11.8. The van der Waals surface area contributed by atoms with E-state index in [0.29, 0.717) is 10.7 Å². The first-order chi connectivity index (χ1) is 8.73. The number of halogens is 1. The second-order valence-electron chi connectivity index (χ2n) is 4.90. The Bertz CT molecular complexity index is 495. The highest BCUT2D eigenvalue weighted by Gasteiger charge is 2.19. The minimum absolute atomic E-state index is 0.135. The summed E-state index contributed by atoms with van der Waals surface area (Å²) in [5.74, 6) is -0.843. The van der Waals surface area contributed by atoms with Crippen molar-refractivity contribution in [2.75, 3.05) is 12.4 Å². The number of nitrogens with two attached hydrogens (primary N) is 1. The summed E-state index contributed by atoms with van der Waals surface area (Å²) in [6.45, 7) is 3.49. The fourth-order valence-corrected chi connectivity index (χ4v) is 1.68. The number of ether oxygens (including phenoxy) is 1. The van der Waals surface area contributed by atoms with Gasteiger partial charge in [-0.15, -0.1) is 0 Å². The summed E-state index contributed by atoms with van der Waals surface area (Å²) in [6.07, 6.45) is 0.135. The molecule has 0 heterocycles. The molecule has 0 spiro atoms. The molecule has 19 heavy (non-hydrogen) atoms. The molecule has 0 aliphatic heterocycles. The van der Waals surface area contributed by atoms with E-state index in [4.69, 9.17) is 17.3 Å². The van der Waals surface area contributed by atoms with E-state index in [1.807, 2.05) is 0 Å². The molecule has 5 nitrogen and oxygen atoms in total. The molecular formula is C13H17ClN2O3. The van der Waals surface area contributed by atoms with Gasteiger partial charge in [-0.1, -0.05) is 11.6 Å². The Hall–Kier alpha value is -1.59. The molecule has 1 rings (SSSR count). The van der Waals surface area contributed by atoms with E-state index in [9.17, 15) is 9.59 Å². The van der Waals surface area contributed by atoms with E-state index >= 15 is 0 Å². The molecule has 0 radical (unpaired) electrons. The van der Waals surface area contributed by atoms with Crippen molar-refractivity contribution in [1.29, 1.82) is 0 Å². The summed E-state index contributed by atoms with van der Waals surface area (Å²) in [7, 11) is 1.26. The SMILES string of the molecule is COC(=O)c1cc(Cl)ccc1NC(=O)CC(C)(C)N. The first kappa shape index (κ1) is 15.5. The molecule has 0 aliphatic rings. The van der Waals surface area contributed by atoms with E-state index in [-0.39, 0.29) is 17.9 Å². The van der Waals surface area contributed by atoms with Crippen LogP contribution < -0.4 is 11.1 Å². The summed E-state index contributed by atoms with van der Waals surface area (Å²) in [6, 6.07) is 4.57. The molecule has 1 amide bonds. The average Bonchev–Trinajstić information content (AvgIpc) is 2.28. The summed E-state index contributed by atoms with van der Waals surface area (Å²) < 4.78 is 4.64. The third-order valence-corrected chi connectivity index (χ3v) is 2.51. The fraction of sp³-hybridized carbons (Fsp3) is 0.385. The topological polar surface area (TPSA) is 81.4 Å².